The molecule has 2 heterocycles. The highest BCUT2D eigenvalue weighted by molar-refractivity contribution is 7.99. The van der Waals surface area contributed by atoms with E-state index < -0.39 is 11.8 Å². The molecule has 0 aliphatic rings. The number of nitrogens with one attached hydrogen (secondary N) is 1. The van der Waals surface area contributed by atoms with Crippen molar-refractivity contribution in [3.63, 3.8) is 0 Å². The van der Waals surface area contributed by atoms with E-state index in [-0.39, 0.29) is 23.3 Å². The average molecular weight is 527 g/mol. The van der Waals surface area contributed by atoms with Crippen LogP contribution < -0.4 is 10.1 Å². The molecule has 0 radical (unpaired) electrons. The van der Waals surface area contributed by atoms with E-state index in [1.165, 1.54) is 48.4 Å². The molecule has 34 heavy (non-hydrogen) atoms. The van der Waals surface area contributed by atoms with Crippen LogP contribution in [0.2, 0.25) is 5.02 Å². The highest BCUT2D eigenvalue weighted by atomic mass is 35.5. The smallest absolute Gasteiger partial charge is 0.341 e. The topological polar surface area (TPSA) is 95.3 Å². The lowest BCUT2D eigenvalue weighted by molar-refractivity contribution is -0.113. The normalized spacial score (nSPS) is 10.9. The summed E-state index contributed by atoms with van der Waals surface area (Å²) in [6.07, 6.45) is 0.659. The molecule has 0 aliphatic heterocycles. The Kier molecular flexibility index (Phi) is 8.92. The van der Waals surface area contributed by atoms with Gasteiger partial charge in [-0.2, -0.15) is 0 Å². The monoisotopic (exact) mass is 526 g/mol. The maximum absolute atomic E-state index is 13.3. The van der Waals surface area contributed by atoms with Crippen LogP contribution in [-0.2, 0) is 29.1 Å². The molecule has 0 bridgehead atoms. The second-order valence-electron chi connectivity index (χ2n) is 7.03. The van der Waals surface area contributed by atoms with Crippen LogP contribution in [0.25, 0.3) is 0 Å². The fourth-order valence-corrected chi connectivity index (χ4v) is 5.41. The Morgan fingerprint density at radius 1 is 1.29 bits per heavy atom. The molecule has 3 rings (SSSR count). The number of amides is 1. The average Bonchev–Trinajstić information content (AvgIpc) is 3.36. The highest BCUT2D eigenvalue weighted by Gasteiger charge is 2.23. The summed E-state index contributed by atoms with van der Waals surface area (Å²) in [5.41, 5.74) is 1.28. The maximum Gasteiger partial charge on any atom is 0.341 e. The van der Waals surface area contributed by atoms with Gasteiger partial charge in [-0.25, -0.2) is 9.18 Å². The lowest BCUT2D eigenvalue weighted by Gasteiger charge is -2.09. The Bertz CT molecular complexity index is 1200. The van der Waals surface area contributed by atoms with Gasteiger partial charge in [0.1, 0.15) is 23.2 Å². The number of anilines is 1. The molecule has 0 unspecified atom stereocenters. The van der Waals surface area contributed by atoms with Gasteiger partial charge in [-0.05, 0) is 38.0 Å². The molecule has 0 aliphatic carbocycles. The van der Waals surface area contributed by atoms with Crippen LogP contribution in [-0.4, -0.2) is 39.5 Å². The molecule has 8 nitrogen and oxygen atoms in total. The van der Waals surface area contributed by atoms with Gasteiger partial charge < -0.3 is 19.4 Å². The molecule has 182 valence electrons. The SMILES string of the molecule is CCc1c(C)sc(NC(=O)CSc2nnc(COc3ccc(F)c(Cl)c3)n2CC)c1C(=O)OC. The van der Waals surface area contributed by atoms with Crippen molar-refractivity contribution in [3.8, 4) is 5.75 Å². The Labute approximate surface area is 209 Å². The van der Waals surface area contributed by atoms with Crippen molar-refractivity contribution >= 4 is 51.6 Å². The first-order chi connectivity index (χ1) is 16.3. The third-order valence-corrected chi connectivity index (χ3v) is 7.23. The van der Waals surface area contributed by atoms with Crippen LogP contribution in [0.4, 0.5) is 9.39 Å². The summed E-state index contributed by atoms with van der Waals surface area (Å²) >= 11 is 8.36. The van der Waals surface area contributed by atoms with E-state index in [4.69, 9.17) is 21.1 Å². The van der Waals surface area contributed by atoms with Crippen molar-refractivity contribution in [2.75, 3.05) is 18.2 Å². The molecule has 3 aromatic rings. The number of esters is 1. The van der Waals surface area contributed by atoms with Gasteiger partial charge in [0.25, 0.3) is 0 Å². The maximum atomic E-state index is 13.3. The van der Waals surface area contributed by atoms with Crippen molar-refractivity contribution < 1.29 is 23.5 Å². The molecular weight excluding hydrogens is 503 g/mol. The predicted octanol–water partition coefficient (Wildman–Crippen LogP) is 5.12. The minimum Gasteiger partial charge on any atom is -0.486 e. The number of rotatable bonds is 10. The summed E-state index contributed by atoms with van der Waals surface area (Å²) in [5, 5.41) is 12.1. The molecule has 0 saturated carbocycles. The van der Waals surface area contributed by atoms with Crippen molar-refractivity contribution in [1.29, 1.82) is 0 Å². The number of aromatic nitrogens is 3. The fourth-order valence-electron chi connectivity index (χ4n) is 3.27. The summed E-state index contributed by atoms with van der Waals surface area (Å²) in [6, 6.07) is 4.10. The number of nitrogens with zero attached hydrogens (tertiary/aromatic N) is 3. The number of thiophene rings is 1. The zero-order valence-electron chi connectivity index (χ0n) is 19.1. The molecule has 1 aromatic carbocycles. The van der Waals surface area contributed by atoms with Crippen LogP contribution in [0.3, 0.4) is 0 Å². The molecule has 1 N–H and O–H groups in total. The minimum absolute atomic E-state index is 0.0286. The van der Waals surface area contributed by atoms with E-state index in [9.17, 15) is 14.0 Å². The number of hydrogen-bond acceptors (Lipinski definition) is 8. The van der Waals surface area contributed by atoms with Gasteiger partial charge in [0, 0.05) is 17.5 Å². The Hall–Kier alpha value is -2.63. The van der Waals surface area contributed by atoms with E-state index >= 15 is 0 Å². The van der Waals surface area contributed by atoms with Gasteiger partial charge in [-0.3, -0.25) is 4.79 Å². The zero-order chi connectivity index (χ0) is 24.8. The molecule has 1 amide bonds. The molecule has 0 spiro atoms. The number of benzene rings is 1. The van der Waals surface area contributed by atoms with Gasteiger partial charge >= 0.3 is 5.97 Å². The first-order valence-corrected chi connectivity index (χ1v) is 12.6. The van der Waals surface area contributed by atoms with Crippen LogP contribution in [0.1, 0.15) is 40.5 Å². The van der Waals surface area contributed by atoms with Crippen LogP contribution in [0.15, 0.2) is 23.4 Å². The predicted molar refractivity (Wildman–Crippen MR) is 131 cm³/mol. The zero-order valence-corrected chi connectivity index (χ0v) is 21.5. The summed E-state index contributed by atoms with van der Waals surface area (Å²) in [6.45, 7) is 6.46. The molecule has 0 saturated heterocycles. The summed E-state index contributed by atoms with van der Waals surface area (Å²) in [4.78, 5) is 25.8. The fraction of sp³-hybridized carbons (Fsp3) is 0.364. The lowest BCUT2D eigenvalue weighted by atomic mass is 10.1. The number of thioether (sulfide) groups is 1. The largest absolute Gasteiger partial charge is 0.486 e. The molecular formula is C22H24ClFN4O4S2. The van der Waals surface area contributed by atoms with Crippen LogP contribution in [0.5, 0.6) is 5.75 Å². The van der Waals surface area contributed by atoms with Gasteiger partial charge in [0.05, 0.1) is 23.4 Å². The van der Waals surface area contributed by atoms with Crippen molar-refractivity contribution in [2.24, 2.45) is 0 Å². The van der Waals surface area contributed by atoms with Gasteiger partial charge in [-0.15, -0.1) is 21.5 Å². The second kappa shape index (κ2) is 11.7. The van der Waals surface area contributed by atoms with Gasteiger partial charge in [0.2, 0.25) is 5.91 Å². The molecule has 2 aromatic heterocycles. The van der Waals surface area contributed by atoms with E-state index in [0.29, 0.717) is 40.3 Å². The number of ether oxygens (including phenoxy) is 2. The van der Waals surface area contributed by atoms with E-state index in [2.05, 4.69) is 15.5 Å². The van der Waals surface area contributed by atoms with Crippen molar-refractivity contribution in [1.82, 2.24) is 14.8 Å². The second-order valence-corrected chi connectivity index (χ2v) is 9.61. The first kappa shape index (κ1) is 26.0. The Morgan fingerprint density at radius 2 is 2.06 bits per heavy atom. The third kappa shape index (κ3) is 5.89. The van der Waals surface area contributed by atoms with E-state index in [1.54, 1.807) is 0 Å². The number of halogens is 2. The number of carbonyl (C=O) groups is 2. The quantitative estimate of drug-likeness (QED) is 0.289. The van der Waals surface area contributed by atoms with E-state index in [0.717, 1.165) is 10.4 Å². The van der Waals surface area contributed by atoms with Crippen LogP contribution in [0, 0.1) is 12.7 Å². The summed E-state index contributed by atoms with van der Waals surface area (Å²) < 4.78 is 25.7. The number of aryl methyl sites for hydroxylation is 1. The Morgan fingerprint density at radius 3 is 2.71 bits per heavy atom. The van der Waals surface area contributed by atoms with Gasteiger partial charge in [0.15, 0.2) is 11.0 Å². The van der Waals surface area contributed by atoms with Gasteiger partial charge in [-0.1, -0.05) is 30.3 Å². The van der Waals surface area contributed by atoms with E-state index in [1.807, 2.05) is 25.3 Å². The molecule has 0 fully saturated rings. The Balaban J connectivity index is 1.65. The number of methoxy groups -OCH3 is 1. The van der Waals surface area contributed by atoms with Crippen molar-refractivity contribution in [2.45, 2.75) is 45.5 Å². The third-order valence-electron chi connectivity index (χ3n) is 4.91. The van der Waals surface area contributed by atoms with Crippen molar-refractivity contribution in [3.05, 3.63) is 50.9 Å². The summed E-state index contributed by atoms with van der Waals surface area (Å²) in [7, 11) is 1.32. The molecule has 12 heteroatoms. The lowest BCUT2D eigenvalue weighted by Crippen LogP contribution is -2.17. The molecule has 0 atom stereocenters. The summed E-state index contributed by atoms with van der Waals surface area (Å²) in [5.74, 6) is -0.230. The van der Waals surface area contributed by atoms with Crippen LogP contribution >= 0.6 is 34.7 Å². The first-order valence-electron chi connectivity index (χ1n) is 10.4. The standard InChI is InChI=1S/C22H24ClFN4O4S2/c1-5-14-12(3)34-20(19(14)21(30)31-4)25-18(29)11-33-22-27-26-17(28(22)6-2)10-32-13-7-8-16(24)15(23)9-13/h7-9H,5-6,10-11H2,1-4H3,(H,25,29). The highest BCUT2D eigenvalue weighted by Crippen LogP contribution is 2.34. The number of carbonyl (C=O) groups excluding carboxylic acids is 2. The minimum atomic E-state index is -0.523. The number of hydrogen-bond donors (Lipinski definition) is 1.